The molecular weight excluding hydrogens is 140 g/mol. The van der Waals surface area contributed by atoms with Crippen LogP contribution in [0, 0.1) is 5.92 Å². The standard InChI is InChI=1S/C7H12N4/c1-4-3-5(4)6-9-7(8)11(2)10-6/h4-5H,3H2,1-2H3,(H2,8,9,10). The van der Waals surface area contributed by atoms with Gasteiger partial charge >= 0.3 is 0 Å². The van der Waals surface area contributed by atoms with Crippen LogP contribution in [-0.4, -0.2) is 14.8 Å². The zero-order chi connectivity index (χ0) is 8.01. The van der Waals surface area contributed by atoms with E-state index in [-0.39, 0.29) is 0 Å². The van der Waals surface area contributed by atoms with E-state index >= 15 is 0 Å². The van der Waals surface area contributed by atoms with E-state index in [1.807, 2.05) is 7.05 Å². The highest BCUT2D eigenvalue weighted by Crippen LogP contribution is 2.45. The summed E-state index contributed by atoms with van der Waals surface area (Å²) in [5.74, 6) is 2.74. The molecule has 1 fully saturated rings. The molecule has 1 aliphatic carbocycles. The van der Waals surface area contributed by atoms with Crippen LogP contribution in [0.1, 0.15) is 25.1 Å². The van der Waals surface area contributed by atoms with Crippen LogP contribution in [0.3, 0.4) is 0 Å². The predicted molar refractivity (Wildman–Crippen MR) is 41.9 cm³/mol. The lowest BCUT2D eigenvalue weighted by Gasteiger charge is -1.86. The summed E-state index contributed by atoms with van der Waals surface area (Å²) in [6.07, 6.45) is 1.21. The van der Waals surface area contributed by atoms with E-state index in [4.69, 9.17) is 5.73 Å². The van der Waals surface area contributed by atoms with Crippen molar-refractivity contribution in [2.45, 2.75) is 19.3 Å². The van der Waals surface area contributed by atoms with Crippen molar-refractivity contribution in [1.82, 2.24) is 14.8 Å². The fourth-order valence-corrected chi connectivity index (χ4v) is 1.26. The Kier molecular flexibility index (Phi) is 1.19. The number of anilines is 1. The smallest absolute Gasteiger partial charge is 0.218 e. The number of aryl methyl sites for hydroxylation is 1. The van der Waals surface area contributed by atoms with Gasteiger partial charge in [-0.15, -0.1) is 0 Å². The van der Waals surface area contributed by atoms with Gasteiger partial charge in [0.05, 0.1) is 0 Å². The molecule has 1 aromatic rings. The highest BCUT2D eigenvalue weighted by molar-refractivity contribution is 5.20. The fraction of sp³-hybridized carbons (Fsp3) is 0.714. The van der Waals surface area contributed by atoms with Crippen LogP contribution in [0.2, 0.25) is 0 Å². The Morgan fingerprint density at radius 2 is 2.27 bits per heavy atom. The third kappa shape index (κ3) is 0.982. The minimum absolute atomic E-state index is 0.513. The quantitative estimate of drug-likeness (QED) is 0.638. The summed E-state index contributed by atoms with van der Waals surface area (Å²) in [5.41, 5.74) is 5.54. The van der Waals surface area contributed by atoms with Gasteiger partial charge in [-0.3, -0.25) is 0 Å². The molecule has 1 aliphatic rings. The summed E-state index contributed by atoms with van der Waals surface area (Å²) in [6.45, 7) is 2.21. The van der Waals surface area contributed by atoms with Crippen LogP contribution < -0.4 is 5.73 Å². The van der Waals surface area contributed by atoms with E-state index in [0.717, 1.165) is 11.7 Å². The Labute approximate surface area is 65.4 Å². The van der Waals surface area contributed by atoms with Gasteiger partial charge < -0.3 is 5.73 Å². The van der Waals surface area contributed by atoms with E-state index in [2.05, 4.69) is 17.0 Å². The maximum atomic E-state index is 5.54. The van der Waals surface area contributed by atoms with Gasteiger partial charge in [0.1, 0.15) is 0 Å². The van der Waals surface area contributed by atoms with E-state index in [9.17, 15) is 0 Å². The summed E-state index contributed by atoms with van der Waals surface area (Å²) < 4.78 is 1.63. The molecule has 0 spiro atoms. The van der Waals surface area contributed by atoms with Crippen molar-refractivity contribution in [3.8, 4) is 0 Å². The topological polar surface area (TPSA) is 56.7 Å². The van der Waals surface area contributed by atoms with Crippen molar-refractivity contribution in [3.05, 3.63) is 5.82 Å². The van der Waals surface area contributed by atoms with Crippen molar-refractivity contribution in [1.29, 1.82) is 0 Å². The monoisotopic (exact) mass is 152 g/mol. The molecule has 0 aromatic carbocycles. The Morgan fingerprint density at radius 1 is 1.64 bits per heavy atom. The number of nitrogens with zero attached hydrogens (tertiary/aromatic N) is 3. The average Bonchev–Trinajstić information content (AvgIpc) is 2.56. The lowest BCUT2D eigenvalue weighted by Crippen LogP contribution is -1.97. The van der Waals surface area contributed by atoms with Gasteiger partial charge in [0.25, 0.3) is 0 Å². The van der Waals surface area contributed by atoms with Crippen LogP contribution in [0.4, 0.5) is 5.95 Å². The highest BCUT2D eigenvalue weighted by atomic mass is 15.4. The summed E-state index contributed by atoms with van der Waals surface area (Å²) in [6, 6.07) is 0. The zero-order valence-electron chi connectivity index (χ0n) is 6.78. The van der Waals surface area contributed by atoms with Crippen LogP contribution in [0.15, 0.2) is 0 Å². The van der Waals surface area contributed by atoms with Crippen LogP contribution >= 0.6 is 0 Å². The highest BCUT2D eigenvalue weighted by Gasteiger charge is 2.37. The van der Waals surface area contributed by atoms with Gasteiger partial charge in [-0.05, 0) is 12.3 Å². The van der Waals surface area contributed by atoms with Gasteiger partial charge in [-0.2, -0.15) is 10.1 Å². The molecule has 1 aromatic heterocycles. The number of nitrogens with two attached hydrogens (primary N) is 1. The van der Waals surface area contributed by atoms with Crippen molar-refractivity contribution < 1.29 is 0 Å². The number of hydrogen-bond donors (Lipinski definition) is 1. The second-order valence-corrected chi connectivity index (χ2v) is 3.27. The molecule has 60 valence electrons. The molecule has 0 bridgehead atoms. The molecule has 2 unspecified atom stereocenters. The molecule has 2 rings (SSSR count). The number of aromatic nitrogens is 3. The van der Waals surface area contributed by atoms with Gasteiger partial charge in [0.2, 0.25) is 5.95 Å². The Balaban J connectivity index is 2.26. The van der Waals surface area contributed by atoms with Gasteiger partial charge in [0, 0.05) is 13.0 Å². The first-order chi connectivity index (χ1) is 5.18. The number of hydrogen-bond acceptors (Lipinski definition) is 3. The van der Waals surface area contributed by atoms with E-state index in [1.54, 1.807) is 4.68 Å². The zero-order valence-corrected chi connectivity index (χ0v) is 6.78. The van der Waals surface area contributed by atoms with E-state index in [1.165, 1.54) is 6.42 Å². The first kappa shape index (κ1) is 6.64. The lowest BCUT2D eigenvalue weighted by molar-refractivity contribution is 0.741. The third-order valence-electron chi connectivity index (χ3n) is 2.25. The first-order valence-electron chi connectivity index (χ1n) is 3.85. The van der Waals surface area contributed by atoms with E-state index < -0.39 is 0 Å². The normalized spacial score (nSPS) is 28.9. The van der Waals surface area contributed by atoms with Crippen molar-refractivity contribution in [2.24, 2.45) is 13.0 Å². The molecule has 2 atom stereocenters. The summed E-state index contributed by atoms with van der Waals surface area (Å²) in [5, 5.41) is 4.20. The second-order valence-electron chi connectivity index (χ2n) is 3.27. The molecule has 0 radical (unpaired) electrons. The Hall–Kier alpha value is -1.06. The summed E-state index contributed by atoms with van der Waals surface area (Å²) in [4.78, 5) is 4.15. The third-order valence-corrected chi connectivity index (χ3v) is 2.25. The largest absolute Gasteiger partial charge is 0.368 e. The molecular formula is C7H12N4. The first-order valence-corrected chi connectivity index (χ1v) is 3.85. The Morgan fingerprint density at radius 3 is 2.64 bits per heavy atom. The average molecular weight is 152 g/mol. The van der Waals surface area contributed by atoms with Crippen LogP contribution in [-0.2, 0) is 7.05 Å². The fourth-order valence-electron chi connectivity index (χ4n) is 1.26. The van der Waals surface area contributed by atoms with Gasteiger partial charge in [-0.1, -0.05) is 6.92 Å². The minimum Gasteiger partial charge on any atom is -0.368 e. The molecule has 0 amide bonds. The maximum absolute atomic E-state index is 5.54. The number of nitrogen functional groups attached to an aromatic ring is 1. The number of rotatable bonds is 1. The van der Waals surface area contributed by atoms with Crippen LogP contribution in [0.25, 0.3) is 0 Å². The van der Waals surface area contributed by atoms with Crippen molar-refractivity contribution >= 4 is 5.95 Å². The maximum Gasteiger partial charge on any atom is 0.218 e. The molecule has 1 saturated carbocycles. The molecule has 4 nitrogen and oxygen atoms in total. The van der Waals surface area contributed by atoms with Crippen molar-refractivity contribution in [2.75, 3.05) is 5.73 Å². The lowest BCUT2D eigenvalue weighted by atomic mass is 10.3. The van der Waals surface area contributed by atoms with Crippen molar-refractivity contribution in [3.63, 3.8) is 0 Å². The second kappa shape index (κ2) is 1.96. The molecule has 4 heteroatoms. The minimum atomic E-state index is 0.513. The Bertz CT molecular complexity index is 258. The van der Waals surface area contributed by atoms with Gasteiger partial charge in [-0.25, -0.2) is 4.68 Å². The van der Waals surface area contributed by atoms with E-state index in [0.29, 0.717) is 11.9 Å². The molecule has 2 N–H and O–H groups in total. The molecule has 11 heavy (non-hydrogen) atoms. The molecule has 1 heterocycles. The van der Waals surface area contributed by atoms with Gasteiger partial charge in [0.15, 0.2) is 5.82 Å². The van der Waals surface area contributed by atoms with Crippen LogP contribution in [0.5, 0.6) is 0 Å². The summed E-state index contributed by atoms with van der Waals surface area (Å²) in [7, 11) is 1.82. The predicted octanol–water partition coefficient (Wildman–Crippen LogP) is 0.521. The molecule has 0 saturated heterocycles. The molecule has 0 aliphatic heterocycles. The SMILES string of the molecule is CC1CC1c1nc(N)n(C)n1. The summed E-state index contributed by atoms with van der Waals surface area (Å²) >= 11 is 0.